The molecule has 1 unspecified atom stereocenters. The molecule has 0 aromatic carbocycles. The number of likely N-dealkylation sites (tertiary alicyclic amines) is 2. The summed E-state index contributed by atoms with van der Waals surface area (Å²) in [5.41, 5.74) is 0. The molecule has 1 saturated carbocycles. The molecular weight excluding hydrogens is 392 g/mol. The maximum Gasteiger partial charge on any atom is 0.232 e. The fraction of sp³-hybridized carbons (Fsp3) is 0.750. The van der Waals surface area contributed by atoms with Crippen molar-refractivity contribution < 1.29 is 14.3 Å². The van der Waals surface area contributed by atoms with Crippen molar-refractivity contribution in [3.05, 3.63) is 18.6 Å². The van der Waals surface area contributed by atoms with E-state index in [1.54, 1.807) is 18.6 Å². The number of ether oxygens (including phenoxy) is 1. The number of piperidine rings is 1. The quantitative estimate of drug-likeness (QED) is 0.635. The molecule has 3 heterocycles. The Morgan fingerprint density at radius 2 is 1.84 bits per heavy atom. The first-order chi connectivity index (χ1) is 15.2. The molecule has 0 bridgehead atoms. The Morgan fingerprint density at radius 1 is 1.03 bits per heavy atom. The van der Waals surface area contributed by atoms with E-state index in [-0.39, 0.29) is 11.8 Å². The lowest BCUT2D eigenvalue weighted by molar-refractivity contribution is -0.134. The third-order valence-corrected chi connectivity index (χ3v) is 7.24. The van der Waals surface area contributed by atoms with Crippen LogP contribution in [0.5, 0.6) is 5.88 Å². The molecule has 0 spiro atoms. The third-order valence-electron chi connectivity index (χ3n) is 7.24. The monoisotopic (exact) mass is 428 g/mol. The van der Waals surface area contributed by atoms with E-state index in [1.165, 1.54) is 32.1 Å². The molecule has 170 valence electrons. The van der Waals surface area contributed by atoms with Gasteiger partial charge in [0.1, 0.15) is 0 Å². The van der Waals surface area contributed by atoms with E-state index in [2.05, 4.69) is 14.9 Å². The summed E-state index contributed by atoms with van der Waals surface area (Å²) in [4.78, 5) is 37.2. The predicted octanol–water partition coefficient (Wildman–Crippen LogP) is 3.30. The second kappa shape index (κ2) is 10.9. The van der Waals surface area contributed by atoms with Gasteiger partial charge in [-0.25, -0.2) is 4.98 Å². The maximum atomic E-state index is 12.6. The Morgan fingerprint density at radius 3 is 2.58 bits per heavy atom. The summed E-state index contributed by atoms with van der Waals surface area (Å²) in [6, 6.07) is 0. The van der Waals surface area contributed by atoms with Gasteiger partial charge in [0.15, 0.2) is 0 Å². The topological polar surface area (TPSA) is 75.6 Å². The van der Waals surface area contributed by atoms with E-state index in [9.17, 15) is 9.59 Å². The fourth-order valence-corrected chi connectivity index (χ4v) is 5.34. The van der Waals surface area contributed by atoms with Crippen LogP contribution < -0.4 is 4.74 Å². The Kier molecular flexibility index (Phi) is 7.76. The van der Waals surface area contributed by atoms with Crippen molar-refractivity contribution in [2.24, 2.45) is 17.8 Å². The highest BCUT2D eigenvalue weighted by atomic mass is 16.5. The van der Waals surface area contributed by atoms with E-state index in [0.29, 0.717) is 37.2 Å². The highest BCUT2D eigenvalue weighted by Gasteiger charge is 2.33. The molecule has 2 aliphatic heterocycles. The van der Waals surface area contributed by atoms with Crippen molar-refractivity contribution >= 4 is 11.8 Å². The van der Waals surface area contributed by atoms with E-state index in [4.69, 9.17) is 4.74 Å². The summed E-state index contributed by atoms with van der Waals surface area (Å²) in [5, 5.41) is 0. The van der Waals surface area contributed by atoms with Crippen LogP contribution >= 0.6 is 0 Å². The Bertz CT molecular complexity index is 715. The molecule has 3 fully saturated rings. The average Bonchev–Trinajstić information content (AvgIpc) is 3.17. The molecule has 1 aromatic rings. The van der Waals surface area contributed by atoms with Crippen molar-refractivity contribution in [1.82, 2.24) is 19.8 Å². The molecule has 31 heavy (non-hydrogen) atoms. The molecule has 2 saturated heterocycles. The molecule has 3 aliphatic rings. The molecule has 0 radical (unpaired) electrons. The lowest BCUT2D eigenvalue weighted by Gasteiger charge is -2.34. The van der Waals surface area contributed by atoms with Crippen LogP contribution in [0.3, 0.4) is 0 Å². The van der Waals surface area contributed by atoms with Crippen LogP contribution in [0, 0.1) is 17.8 Å². The molecule has 1 aliphatic carbocycles. The Labute approximate surface area is 185 Å². The summed E-state index contributed by atoms with van der Waals surface area (Å²) in [5.74, 6) is 2.53. The van der Waals surface area contributed by atoms with Crippen LogP contribution in [0.25, 0.3) is 0 Å². The first-order valence-electron chi connectivity index (χ1n) is 12.1. The number of carbonyl (C=O) groups is 2. The smallest absolute Gasteiger partial charge is 0.232 e. The zero-order valence-electron chi connectivity index (χ0n) is 18.6. The van der Waals surface area contributed by atoms with Crippen LogP contribution in [0.2, 0.25) is 0 Å². The first-order valence-corrected chi connectivity index (χ1v) is 12.1. The molecule has 1 atom stereocenters. The second-order valence-corrected chi connectivity index (χ2v) is 9.59. The Balaban J connectivity index is 1.14. The minimum Gasteiger partial charge on any atom is -0.476 e. The van der Waals surface area contributed by atoms with Gasteiger partial charge in [0.25, 0.3) is 0 Å². The lowest BCUT2D eigenvalue weighted by Crippen LogP contribution is -2.42. The maximum absolute atomic E-state index is 12.6. The van der Waals surface area contributed by atoms with E-state index < -0.39 is 0 Å². The van der Waals surface area contributed by atoms with Gasteiger partial charge in [0.05, 0.1) is 12.8 Å². The van der Waals surface area contributed by atoms with Crippen molar-refractivity contribution in [2.45, 2.75) is 64.2 Å². The van der Waals surface area contributed by atoms with Crippen molar-refractivity contribution in [3.8, 4) is 5.88 Å². The standard InChI is InChI=1S/C24H36N4O3/c29-23(7-6-19-4-2-1-3-5-19)27-12-8-20(9-13-27)16-28-17-21(14-24(28)30)18-31-22-15-25-10-11-26-22/h10-11,15,19-21H,1-9,12-14,16-18H2. The zero-order chi connectivity index (χ0) is 21.5. The average molecular weight is 429 g/mol. The van der Waals surface area contributed by atoms with Gasteiger partial charge in [0, 0.05) is 57.3 Å². The van der Waals surface area contributed by atoms with Gasteiger partial charge in [-0.15, -0.1) is 0 Å². The highest BCUT2D eigenvalue weighted by molar-refractivity contribution is 5.78. The van der Waals surface area contributed by atoms with Gasteiger partial charge < -0.3 is 14.5 Å². The molecule has 0 N–H and O–H groups in total. The van der Waals surface area contributed by atoms with Crippen LogP contribution in [-0.2, 0) is 9.59 Å². The normalized spacial score (nSPS) is 23.4. The second-order valence-electron chi connectivity index (χ2n) is 9.59. The number of amides is 2. The lowest BCUT2D eigenvalue weighted by atomic mass is 9.86. The van der Waals surface area contributed by atoms with E-state index in [1.807, 2.05) is 4.90 Å². The van der Waals surface area contributed by atoms with Gasteiger partial charge >= 0.3 is 0 Å². The summed E-state index contributed by atoms with van der Waals surface area (Å²) >= 11 is 0. The number of carbonyl (C=O) groups excluding carboxylic acids is 2. The minimum absolute atomic E-state index is 0.205. The number of aromatic nitrogens is 2. The van der Waals surface area contributed by atoms with Gasteiger partial charge in [-0.1, -0.05) is 32.1 Å². The van der Waals surface area contributed by atoms with Gasteiger partial charge in [-0.3, -0.25) is 14.6 Å². The summed E-state index contributed by atoms with van der Waals surface area (Å²) in [6.07, 6.45) is 15.8. The minimum atomic E-state index is 0.205. The largest absolute Gasteiger partial charge is 0.476 e. The first kappa shape index (κ1) is 22.0. The van der Waals surface area contributed by atoms with Crippen molar-refractivity contribution in [1.29, 1.82) is 0 Å². The zero-order valence-corrected chi connectivity index (χ0v) is 18.6. The van der Waals surface area contributed by atoms with Crippen molar-refractivity contribution in [2.75, 3.05) is 32.8 Å². The van der Waals surface area contributed by atoms with Gasteiger partial charge in [0.2, 0.25) is 17.7 Å². The third kappa shape index (κ3) is 6.40. The number of hydrogen-bond donors (Lipinski definition) is 0. The van der Waals surface area contributed by atoms with Gasteiger partial charge in [-0.2, -0.15) is 0 Å². The van der Waals surface area contributed by atoms with Crippen LogP contribution in [0.4, 0.5) is 0 Å². The molecule has 4 rings (SSSR count). The SMILES string of the molecule is O=C(CCC1CCCCC1)N1CCC(CN2CC(COc3cnccn3)CC2=O)CC1. The van der Waals surface area contributed by atoms with Crippen LogP contribution in [0.15, 0.2) is 18.6 Å². The molecule has 2 amide bonds. The Hall–Kier alpha value is -2.18. The van der Waals surface area contributed by atoms with Crippen LogP contribution in [-0.4, -0.2) is 64.4 Å². The summed E-state index contributed by atoms with van der Waals surface area (Å²) in [6.45, 7) is 3.74. The summed E-state index contributed by atoms with van der Waals surface area (Å²) < 4.78 is 5.69. The molecule has 7 heteroatoms. The van der Waals surface area contributed by atoms with Gasteiger partial charge in [-0.05, 0) is 31.1 Å². The fourth-order valence-electron chi connectivity index (χ4n) is 5.34. The molecular formula is C24H36N4O3. The van der Waals surface area contributed by atoms with E-state index >= 15 is 0 Å². The highest BCUT2D eigenvalue weighted by Crippen LogP contribution is 2.28. The number of nitrogens with zero attached hydrogens (tertiary/aromatic N) is 4. The van der Waals surface area contributed by atoms with E-state index in [0.717, 1.165) is 51.4 Å². The molecule has 7 nitrogen and oxygen atoms in total. The summed E-state index contributed by atoms with van der Waals surface area (Å²) in [7, 11) is 0. The predicted molar refractivity (Wildman–Crippen MR) is 117 cm³/mol. The number of hydrogen-bond acceptors (Lipinski definition) is 5. The van der Waals surface area contributed by atoms with Crippen molar-refractivity contribution in [3.63, 3.8) is 0 Å². The molecule has 1 aromatic heterocycles. The number of rotatable bonds is 8. The van der Waals surface area contributed by atoms with Crippen LogP contribution in [0.1, 0.15) is 64.2 Å².